The van der Waals surface area contributed by atoms with Gasteiger partial charge in [-0.2, -0.15) is 0 Å². The standard InChI is InChI=1S/C24H24O4/c1-16-20(28-21-12-6-5-11-19(21)23(16)25)15-14-17-8-7-13-22(26-2)24(17)27-18-9-3-4-10-18/h5-8,11-15,18H,3-4,9-10H2,1-2H3/b15-14+. The number of fused-ring (bicyclic) bond motifs is 1. The smallest absolute Gasteiger partial charge is 0.196 e. The van der Waals surface area contributed by atoms with Crippen LogP contribution in [0.3, 0.4) is 0 Å². The van der Waals surface area contributed by atoms with Crippen LogP contribution in [-0.2, 0) is 0 Å². The molecule has 0 bridgehead atoms. The fourth-order valence-electron chi connectivity index (χ4n) is 3.70. The van der Waals surface area contributed by atoms with E-state index in [0.717, 1.165) is 24.2 Å². The molecule has 4 nitrogen and oxygen atoms in total. The van der Waals surface area contributed by atoms with Crippen LogP contribution in [0.15, 0.2) is 51.7 Å². The summed E-state index contributed by atoms with van der Waals surface area (Å²) in [6.07, 6.45) is 8.52. The van der Waals surface area contributed by atoms with Gasteiger partial charge in [0.1, 0.15) is 11.3 Å². The van der Waals surface area contributed by atoms with Crippen LogP contribution < -0.4 is 14.9 Å². The minimum absolute atomic E-state index is 0.00503. The summed E-state index contributed by atoms with van der Waals surface area (Å²) in [7, 11) is 1.65. The van der Waals surface area contributed by atoms with E-state index in [1.165, 1.54) is 12.8 Å². The molecular formula is C24H24O4. The van der Waals surface area contributed by atoms with E-state index in [4.69, 9.17) is 13.9 Å². The first kappa shape index (κ1) is 18.4. The zero-order chi connectivity index (χ0) is 19.5. The quantitative estimate of drug-likeness (QED) is 0.581. The summed E-state index contributed by atoms with van der Waals surface area (Å²) < 4.78 is 17.8. The van der Waals surface area contributed by atoms with E-state index in [2.05, 4.69) is 0 Å². The average molecular weight is 376 g/mol. The molecular weight excluding hydrogens is 352 g/mol. The summed E-state index contributed by atoms with van der Waals surface area (Å²) in [6.45, 7) is 1.79. The molecule has 144 valence electrons. The van der Waals surface area contributed by atoms with Crippen LogP contribution in [0.25, 0.3) is 23.1 Å². The molecule has 1 aromatic heterocycles. The first-order valence-corrected chi connectivity index (χ1v) is 9.71. The fourth-order valence-corrected chi connectivity index (χ4v) is 3.70. The maximum absolute atomic E-state index is 12.6. The highest BCUT2D eigenvalue weighted by Crippen LogP contribution is 2.36. The van der Waals surface area contributed by atoms with E-state index in [-0.39, 0.29) is 11.5 Å². The third kappa shape index (κ3) is 3.55. The van der Waals surface area contributed by atoms with Crippen molar-refractivity contribution in [2.75, 3.05) is 7.11 Å². The summed E-state index contributed by atoms with van der Waals surface area (Å²) in [6, 6.07) is 13.1. The Hall–Kier alpha value is -3.01. The van der Waals surface area contributed by atoms with Gasteiger partial charge in [-0.3, -0.25) is 4.79 Å². The van der Waals surface area contributed by atoms with E-state index >= 15 is 0 Å². The molecule has 0 spiro atoms. The molecule has 1 saturated carbocycles. The van der Waals surface area contributed by atoms with Gasteiger partial charge in [0.15, 0.2) is 16.9 Å². The van der Waals surface area contributed by atoms with Crippen LogP contribution in [0.4, 0.5) is 0 Å². The fraction of sp³-hybridized carbons (Fsp3) is 0.292. The van der Waals surface area contributed by atoms with Gasteiger partial charge in [-0.25, -0.2) is 0 Å². The monoisotopic (exact) mass is 376 g/mol. The molecule has 1 fully saturated rings. The highest BCUT2D eigenvalue weighted by atomic mass is 16.5. The zero-order valence-electron chi connectivity index (χ0n) is 16.2. The van der Waals surface area contributed by atoms with Gasteiger partial charge in [-0.1, -0.05) is 24.3 Å². The van der Waals surface area contributed by atoms with E-state index in [1.807, 2.05) is 48.6 Å². The van der Waals surface area contributed by atoms with Crippen molar-refractivity contribution in [3.05, 3.63) is 69.6 Å². The van der Waals surface area contributed by atoms with Gasteiger partial charge >= 0.3 is 0 Å². The van der Waals surface area contributed by atoms with Crippen molar-refractivity contribution in [3.8, 4) is 11.5 Å². The summed E-state index contributed by atoms with van der Waals surface area (Å²) in [5.41, 5.74) is 2.08. The number of hydrogen-bond acceptors (Lipinski definition) is 4. The Balaban J connectivity index is 1.73. The van der Waals surface area contributed by atoms with Crippen molar-refractivity contribution in [2.45, 2.75) is 38.7 Å². The summed E-state index contributed by atoms with van der Waals surface area (Å²) in [5.74, 6) is 2.01. The number of rotatable bonds is 5. The lowest BCUT2D eigenvalue weighted by Gasteiger charge is -2.18. The summed E-state index contributed by atoms with van der Waals surface area (Å²) in [4.78, 5) is 12.6. The van der Waals surface area contributed by atoms with Crippen LogP contribution in [0.2, 0.25) is 0 Å². The minimum Gasteiger partial charge on any atom is -0.493 e. The maximum atomic E-state index is 12.6. The Morgan fingerprint density at radius 2 is 1.82 bits per heavy atom. The van der Waals surface area contributed by atoms with Crippen molar-refractivity contribution >= 4 is 23.1 Å². The highest BCUT2D eigenvalue weighted by Gasteiger charge is 2.20. The van der Waals surface area contributed by atoms with Crippen molar-refractivity contribution < 1.29 is 13.9 Å². The maximum Gasteiger partial charge on any atom is 0.196 e. The predicted molar refractivity (Wildman–Crippen MR) is 112 cm³/mol. The number of hydrogen-bond donors (Lipinski definition) is 0. The molecule has 4 rings (SSSR count). The van der Waals surface area contributed by atoms with Crippen molar-refractivity contribution in [1.29, 1.82) is 0 Å². The normalized spacial score (nSPS) is 14.8. The van der Waals surface area contributed by atoms with Gasteiger partial charge in [0.2, 0.25) is 0 Å². The third-order valence-corrected chi connectivity index (χ3v) is 5.29. The molecule has 0 aliphatic heterocycles. The van der Waals surface area contributed by atoms with E-state index in [1.54, 1.807) is 20.1 Å². The molecule has 0 N–H and O–H groups in total. The van der Waals surface area contributed by atoms with Crippen LogP contribution in [-0.4, -0.2) is 13.2 Å². The van der Waals surface area contributed by atoms with Crippen molar-refractivity contribution in [1.82, 2.24) is 0 Å². The number of para-hydroxylation sites is 2. The van der Waals surface area contributed by atoms with E-state index in [9.17, 15) is 4.79 Å². The van der Waals surface area contributed by atoms with E-state index < -0.39 is 0 Å². The van der Waals surface area contributed by atoms with Gasteiger partial charge in [0, 0.05) is 11.1 Å². The lowest BCUT2D eigenvalue weighted by Crippen LogP contribution is -2.12. The molecule has 1 aliphatic rings. The lowest BCUT2D eigenvalue weighted by molar-refractivity contribution is 0.200. The first-order valence-electron chi connectivity index (χ1n) is 9.71. The average Bonchev–Trinajstić information content (AvgIpc) is 3.23. The van der Waals surface area contributed by atoms with Crippen LogP contribution in [0, 0.1) is 6.92 Å². The second-order valence-corrected chi connectivity index (χ2v) is 7.15. The second kappa shape index (κ2) is 7.93. The van der Waals surface area contributed by atoms with Crippen LogP contribution >= 0.6 is 0 Å². The predicted octanol–water partition coefficient (Wildman–Crippen LogP) is 5.60. The molecule has 0 atom stereocenters. The largest absolute Gasteiger partial charge is 0.493 e. The highest BCUT2D eigenvalue weighted by molar-refractivity contribution is 5.80. The topological polar surface area (TPSA) is 48.7 Å². The lowest BCUT2D eigenvalue weighted by atomic mass is 10.1. The molecule has 28 heavy (non-hydrogen) atoms. The molecule has 1 heterocycles. The number of methoxy groups -OCH3 is 1. The van der Waals surface area contributed by atoms with Crippen molar-refractivity contribution in [2.24, 2.45) is 0 Å². The summed E-state index contributed by atoms with van der Waals surface area (Å²) in [5, 5.41) is 0.601. The van der Waals surface area contributed by atoms with Crippen molar-refractivity contribution in [3.63, 3.8) is 0 Å². The van der Waals surface area contributed by atoms with Gasteiger partial charge in [0.25, 0.3) is 0 Å². The van der Waals surface area contributed by atoms with E-state index in [0.29, 0.717) is 28.0 Å². The Labute approximate surface area is 164 Å². The Morgan fingerprint density at radius 1 is 1.04 bits per heavy atom. The molecule has 1 aliphatic carbocycles. The Kier molecular flexibility index (Phi) is 5.20. The minimum atomic E-state index is -0.00503. The number of ether oxygens (including phenoxy) is 2. The SMILES string of the molecule is COc1cccc(/C=C/c2oc3ccccc3c(=O)c2C)c1OC1CCCC1. The van der Waals surface area contributed by atoms with Gasteiger partial charge < -0.3 is 13.9 Å². The van der Waals surface area contributed by atoms with Gasteiger partial charge in [-0.15, -0.1) is 0 Å². The third-order valence-electron chi connectivity index (χ3n) is 5.29. The van der Waals surface area contributed by atoms with Gasteiger partial charge in [-0.05, 0) is 63.0 Å². The molecule has 2 aromatic carbocycles. The molecule has 0 unspecified atom stereocenters. The second-order valence-electron chi connectivity index (χ2n) is 7.15. The van der Waals surface area contributed by atoms with Gasteiger partial charge in [0.05, 0.1) is 18.6 Å². The molecule has 0 radical (unpaired) electrons. The molecule has 4 heteroatoms. The first-order chi connectivity index (χ1) is 13.7. The molecule has 3 aromatic rings. The zero-order valence-corrected chi connectivity index (χ0v) is 16.2. The number of benzene rings is 2. The molecule has 0 amide bonds. The van der Waals surface area contributed by atoms with Crippen LogP contribution in [0.1, 0.15) is 42.6 Å². The van der Waals surface area contributed by atoms with Crippen LogP contribution in [0.5, 0.6) is 11.5 Å². The summed E-state index contributed by atoms with van der Waals surface area (Å²) >= 11 is 0. The molecule has 0 saturated heterocycles. The Bertz CT molecular complexity index is 1070. The Morgan fingerprint density at radius 3 is 2.61 bits per heavy atom.